The molecule has 1 aromatic rings. The van der Waals surface area contributed by atoms with Crippen LogP contribution in [0.4, 0.5) is 5.82 Å². The second kappa shape index (κ2) is 5.79. The van der Waals surface area contributed by atoms with Crippen molar-refractivity contribution in [1.82, 2.24) is 9.97 Å². The second-order valence-electron chi connectivity index (χ2n) is 4.04. The molecule has 0 aliphatic carbocycles. The fourth-order valence-electron chi connectivity index (χ4n) is 1.84. The minimum atomic E-state index is -0.103. The monoisotopic (exact) mass is 238 g/mol. The van der Waals surface area contributed by atoms with E-state index in [1.807, 2.05) is 0 Å². The van der Waals surface area contributed by atoms with Crippen molar-refractivity contribution in [2.75, 3.05) is 37.7 Å². The van der Waals surface area contributed by atoms with Crippen molar-refractivity contribution in [3.05, 3.63) is 22.2 Å². The van der Waals surface area contributed by atoms with Gasteiger partial charge in [-0.05, 0) is 13.0 Å². The fraction of sp³-hybridized carbons (Fsp3) is 0.636. The van der Waals surface area contributed by atoms with Gasteiger partial charge in [-0.3, -0.25) is 4.79 Å². The van der Waals surface area contributed by atoms with Crippen LogP contribution in [-0.2, 0) is 11.2 Å². The van der Waals surface area contributed by atoms with Gasteiger partial charge in [0.15, 0.2) is 0 Å². The molecule has 1 fully saturated rings. The maximum atomic E-state index is 11.5. The molecule has 94 valence electrons. The molecule has 0 radical (unpaired) electrons. The molecule has 0 saturated carbocycles. The van der Waals surface area contributed by atoms with E-state index < -0.39 is 0 Å². The Morgan fingerprint density at radius 3 is 2.94 bits per heavy atom. The number of rotatable bonds is 4. The molecular weight excluding hydrogens is 220 g/mol. The summed E-state index contributed by atoms with van der Waals surface area (Å²) in [5.74, 6) is 1.45. The highest BCUT2D eigenvalue weighted by atomic mass is 16.5. The van der Waals surface area contributed by atoms with Crippen LogP contribution in [-0.4, -0.2) is 42.8 Å². The zero-order valence-corrected chi connectivity index (χ0v) is 9.82. The first kappa shape index (κ1) is 12.1. The van der Waals surface area contributed by atoms with Crippen molar-refractivity contribution >= 4 is 5.82 Å². The average Bonchev–Trinajstić information content (AvgIpc) is 2.37. The molecule has 0 bridgehead atoms. The molecule has 6 nitrogen and oxygen atoms in total. The molecule has 0 aromatic carbocycles. The number of aromatic amines is 1. The lowest BCUT2D eigenvalue weighted by atomic mass is 10.3. The Morgan fingerprint density at radius 1 is 1.47 bits per heavy atom. The molecule has 3 N–H and O–H groups in total. The molecule has 2 heterocycles. The molecule has 1 saturated heterocycles. The molecule has 6 heteroatoms. The SMILES string of the molecule is NCCCc1nc(N2CCOCC2)cc(=O)[nH]1. The maximum Gasteiger partial charge on any atom is 0.252 e. The Morgan fingerprint density at radius 2 is 2.24 bits per heavy atom. The Balaban J connectivity index is 2.15. The van der Waals surface area contributed by atoms with Crippen molar-refractivity contribution in [3.63, 3.8) is 0 Å². The van der Waals surface area contributed by atoms with E-state index in [2.05, 4.69) is 14.9 Å². The van der Waals surface area contributed by atoms with E-state index in [1.54, 1.807) is 0 Å². The normalized spacial score (nSPS) is 16.2. The standard InChI is InChI=1S/C11H18N4O2/c12-3-1-2-9-13-10(8-11(16)14-9)15-4-6-17-7-5-15/h8H,1-7,12H2,(H,13,14,16). The quantitative estimate of drug-likeness (QED) is 0.738. The van der Waals surface area contributed by atoms with Gasteiger partial charge in [0.2, 0.25) is 0 Å². The molecule has 1 aromatic heterocycles. The minimum absolute atomic E-state index is 0.103. The molecule has 17 heavy (non-hydrogen) atoms. The average molecular weight is 238 g/mol. The largest absolute Gasteiger partial charge is 0.378 e. The van der Waals surface area contributed by atoms with Crippen LogP contribution in [0.15, 0.2) is 10.9 Å². The molecular formula is C11H18N4O2. The number of H-pyrrole nitrogens is 1. The summed E-state index contributed by atoms with van der Waals surface area (Å²) in [4.78, 5) is 20.8. The van der Waals surface area contributed by atoms with Crippen LogP contribution in [0.2, 0.25) is 0 Å². The number of hydrogen-bond acceptors (Lipinski definition) is 5. The van der Waals surface area contributed by atoms with E-state index >= 15 is 0 Å². The molecule has 0 unspecified atom stereocenters. The van der Waals surface area contributed by atoms with Crippen molar-refractivity contribution in [2.45, 2.75) is 12.8 Å². The topological polar surface area (TPSA) is 84.2 Å². The number of anilines is 1. The fourth-order valence-corrected chi connectivity index (χ4v) is 1.84. The summed E-state index contributed by atoms with van der Waals surface area (Å²) in [6, 6.07) is 1.54. The summed E-state index contributed by atoms with van der Waals surface area (Å²) in [5.41, 5.74) is 5.35. The van der Waals surface area contributed by atoms with Gasteiger partial charge < -0.3 is 20.4 Å². The third-order valence-corrected chi connectivity index (χ3v) is 2.73. The highest BCUT2D eigenvalue weighted by Gasteiger charge is 2.13. The number of ether oxygens (including phenoxy) is 1. The maximum absolute atomic E-state index is 11.5. The lowest BCUT2D eigenvalue weighted by Gasteiger charge is -2.27. The van der Waals surface area contributed by atoms with Crippen molar-refractivity contribution < 1.29 is 4.74 Å². The van der Waals surface area contributed by atoms with Gasteiger partial charge in [-0.1, -0.05) is 0 Å². The summed E-state index contributed by atoms with van der Waals surface area (Å²) in [6.07, 6.45) is 1.54. The predicted octanol–water partition coefficient (Wildman–Crippen LogP) is -0.502. The van der Waals surface area contributed by atoms with Gasteiger partial charge >= 0.3 is 0 Å². The molecule has 0 spiro atoms. The Hall–Kier alpha value is -1.40. The first-order valence-corrected chi connectivity index (χ1v) is 5.92. The number of nitrogens with two attached hydrogens (primary N) is 1. The van der Waals surface area contributed by atoms with Crippen LogP contribution in [0.3, 0.4) is 0 Å². The number of hydrogen-bond donors (Lipinski definition) is 2. The van der Waals surface area contributed by atoms with Crippen LogP contribution in [0.5, 0.6) is 0 Å². The first-order chi connectivity index (χ1) is 8.29. The van der Waals surface area contributed by atoms with Gasteiger partial charge in [0.05, 0.1) is 13.2 Å². The molecule has 0 amide bonds. The summed E-state index contributed by atoms with van der Waals surface area (Å²) in [5, 5.41) is 0. The highest BCUT2D eigenvalue weighted by Crippen LogP contribution is 2.10. The number of nitrogens with zero attached hydrogens (tertiary/aromatic N) is 2. The van der Waals surface area contributed by atoms with Crippen molar-refractivity contribution in [3.8, 4) is 0 Å². The van der Waals surface area contributed by atoms with Crippen LogP contribution in [0, 0.1) is 0 Å². The van der Waals surface area contributed by atoms with E-state index in [-0.39, 0.29) is 5.56 Å². The zero-order valence-electron chi connectivity index (χ0n) is 9.82. The van der Waals surface area contributed by atoms with Gasteiger partial charge in [-0.25, -0.2) is 4.98 Å². The lowest BCUT2D eigenvalue weighted by molar-refractivity contribution is 0.122. The molecule has 1 aliphatic heterocycles. The molecule has 0 atom stereocenters. The van der Waals surface area contributed by atoms with E-state index in [4.69, 9.17) is 10.5 Å². The third kappa shape index (κ3) is 3.28. The molecule has 1 aliphatic rings. The lowest BCUT2D eigenvalue weighted by Crippen LogP contribution is -2.37. The number of aromatic nitrogens is 2. The van der Waals surface area contributed by atoms with E-state index in [0.29, 0.717) is 32.0 Å². The van der Waals surface area contributed by atoms with Gasteiger partial charge in [-0.2, -0.15) is 0 Å². The summed E-state index contributed by atoms with van der Waals surface area (Å²) in [6.45, 7) is 3.55. The number of morpholine rings is 1. The second-order valence-corrected chi connectivity index (χ2v) is 4.04. The zero-order chi connectivity index (χ0) is 12.1. The first-order valence-electron chi connectivity index (χ1n) is 5.92. The van der Waals surface area contributed by atoms with E-state index in [1.165, 1.54) is 6.07 Å². The summed E-state index contributed by atoms with van der Waals surface area (Å²) >= 11 is 0. The Labute approximate surface area is 99.8 Å². The Kier molecular flexibility index (Phi) is 4.11. The summed E-state index contributed by atoms with van der Waals surface area (Å²) in [7, 11) is 0. The highest BCUT2D eigenvalue weighted by molar-refractivity contribution is 5.37. The summed E-state index contributed by atoms with van der Waals surface area (Å²) < 4.78 is 5.27. The Bertz CT molecular complexity index is 412. The van der Waals surface area contributed by atoms with E-state index in [0.717, 1.165) is 25.3 Å². The van der Waals surface area contributed by atoms with Gasteiger partial charge in [-0.15, -0.1) is 0 Å². The third-order valence-electron chi connectivity index (χ3n) is 2.73. The van der Waals surface area contributed by atoms with Gasteiger partial charge in [0, 0.05) is 25.6 Å². The van der Waals surface area contributed by atoms with Crippen LogP contribution in [0.25, 0.3) is 0 Å². The minimum Gasteiger partial charge on any atom is -0.378 e. The van der Waals surface area contributed by atoms with Gasteiger partial charge in [0.1, 0.15) is 11.6 Å². The van der Waals surface area contributed by atoms with Gasteiger partial charge in [0.25, 0.3) is 5.56 Å². The predicted molar refractivity (Wildman–Crippen MR) is 65.3 cm³/mol. The van der Waals surface area contributed by atoms with Crippen molar-refractivity contribution in [1.29, 1.82) is 0 Å². The van der Waals surface area contributed by atoms with Crippen LogP contribution in [0.1, 0.15) is 12.2 Å². The van der Waals surface area contributed by atoms with E-state index in [9.17, 15) is 4.79 Å². The molecule has 2 rings (SSSR count). The van der Waals surface area contributed by atoms with Crippen LogP contribution >= 0.6 is 0 Å². The van der Waals surface area contributed by atoms with Crippen molar-refractivity contribution in [2.24, 2.45) is 5.73 Å². The smallest absolute Gasteiger partial charge is 0.252 e. The number of aryl methyl sites for hydroxylation is 1. The number of nitrogens with one attached hydrogen (secondary N) is 1. The van der Waals surface area contributed by atoms with Crippen LogP contribution < -0.4 is 16.2 Å².